The number of anilines is 1. The highest BCUT2D eigenvalue weighted by molar-refractivity contribution is 6.10. The van der Waals surface area contributed by atoms with Crippen molar-refractivity contribution in [3.8, 4) is 5.75 Å². The van der Waals surface area contributed by atoms with Crippen LogP contribution in [-0.4, -0.2) is 17.5 Å². The minimum Gasteiger partial charge on any atom is -0.494 e. The van der Waals surface area contributed by atoms with Crippen molar-refractivity contribution in [2.75, 3.05) is 11.5 Å². The molecule has 0 spiro atoms. The SMILES string of the molecule is CCCCCOc1ccc([C@@H]2c3c(oc4ccccc4c3=O)C(=O)N2c2ccc(C)cn2)cc1. The van der Waals surface area contributed by atoms with Crippen molar-refractivity contribution in [2.45, 2.75) is 39.2 Å². The van der Waals surface area contributed by atoms with Crippen LogP contribution in [0.25, 0.3) is 11.0 Å². The second-order valence-corrected chi connectivity index (χ2v) is 8.57. The molecule has 6 nitrogen and oxygen atoms in total. The fraction of sp³-hybridized carbons (Fsp3) is 0.250. The number of hydrogen-bond acceptors (Lipinski definition) is 5. The van der Waals surface area contributed by atoms with Crippen molar-refractivity contribution in [1.29, 1.82) is 0 Å². The van der Waals surface area contributed by atoms with Gasteiger partial charge in [-0.05, 0) is 54.8 Å². The van der Waals surface area contributed by atoms with Crippen molar-refractivity contribution in [3.63, 3.8) is 0 Å². The summed E-state index contributed by atoms with van der Waals surface area (Å²) in [5.74, 6) is 0.917. The zero-order valence-corrected chi connectivity index (χ0v) is 19.3. The van der Waals surface area contributed by atoms with Gasteiger partial charge < -0.3 is 9.15 Å². The lowest BCUT2D eigenvalue weighted by Crippen LogP contribution is -2.30. The van der Waals surface area contributed by atoms with Crippen LogP contribution in [-0.2, 0) is 0 Å². The van der Waals surface area contributed by atoms with E-state index in [0.29, 0.717) is 29.0 Å². The number of carbonyl (C=O) groups is 1. The Kier molecular flexibility index (Phi) is 5.88. The lowest BCUT2D eigenvalue weighted by Gasteiger charge is -2.24. The van der Waals surface area contributed by atoms with Gasteiger partial charge in [-0.15, -0.1) is 0 Å². The molecular weight excluding hydrogens is 428 g/mol. The van der Waals surface area contributed by atoms with E-state index in [4.69, 9.17) is 9.15 Å². The molecule has 0 saturated heterocycles. The smallest absolute Gasteiger partial charge is 0.296 e. The van der Waals surface area contributed by atoms with Gasteiger partial charge in [0, 0.05) is 6.20 Å². The normalized spacial score (nSPS) is 15.1. The summed E-state index contributed by atoms with van der Waals surface area (Å²) in [6.07, 6.45) is 4.98. The summed E-state index contributed by atoms with van der Waals surface area (Å²) < 4.78 is 11.8. The number of carbonyl (C=O) groups excluding carboxylic acids is 1. The molecule has 1 amide bonds. The first kappa shape index (κ1) is 21.9. The zero-order valence-electron chi connectivity index (χ0n) is 19.3. The summed E-state index contributed by atoms with van der Waals surface area (Å²) in [7, 11) is 0. The molecule has 2 aromatic carbocycles. The highest BCUT2D eigenvalue weighted by Crippen LogP contribution is 2.40. The average Bonchev–Trinajstić information content (AvgIpc) is 3.15. The quantitative estimate of drug-likeness (QED) is 0.329. The minimum absolute atomic E-state index is 0.0657. The van der Waals surface area contributed by atoms with Gasteiger partial charge in [0.1, 0.15) is 17.2 Å². The van der Waals surface area contributed by atoms with E-state index in [1.807, 2.05) is 37.3 Å². The fourth-order valence-electron chi connectivity index (χ4n) is 4.36. The van der Waals surface area contributed by atoms with Crippen LogP contribution in [0.4, 0.5) is 5.82 Å². The predicted molar refractivity (Wildman–Crippen MR) is 132 cm³/mol. The van der Waals surface area contributed by atoms with Crippen LogP contribution >= 0.6 is 0 Å². The maximum atomic E-state index is 13.6. The molecule has 4 aromatic rings. The summed E-state index contributed by atoms with van der Waals surface area (Å²) in [6, 6.07) is 17.6. The van der Waals surface area contributed by atoms with Gasteiger partial charge in [0.25, 0.3) is 5.91 Å². The molecule has 0 saturated carbocycles. The van der Waals surface area contributed by atoms with E-state index in [1.165, 1.54) is 0 Å². The monoisotopic (exact) mass is 454 g/mol. The largest absolute Gasteiger partial charge is 0.494 e. The topological polar surface area (TPSA) is 72.6 Å². The fourth-order valence-corrected chi connectivity index (χ4v) is 4.36. The Labute approximate surface area is 197 Å². The molecule has 0 N–H and O–H groups in total. The summed E-state index contributed by atoms with van der Waals surface area (Å²) in [4.78, 5) is 33.2. The van der Waals surface area contributed by atoms with Crippen molar-refractivity contribution in [3.05, 3.63) is 99.5 Å². The second kappa shape index (κ2) is 9.14. The van der Waals surface area contributed by atoms with Gasteiger partial charge in [-0.25, -0.2) is 4.98 Å². The van der Waals surface area contributed by atoms with Crippen LogP contribution in [0, 0.1) is 6.92 Å². The Bertz CT molecular complexity index is 1390. The van der Waals surface area contributed by atoms with E-state index in [9.17, 15) is 9.59 Å². The Morgan fingerprint density at radius 2 is 1.79 bits per heavy atom. The number of para-hydroxylation sites is 1. The molecule has 1 atom stereocenters. The summed E-state index contributed by atoms with van der Waals surface area (Å²) in [5.41, 5.74) is 2.30. The summed E-state index contributed by atoms with van der Waals surface area (Å²) >= 11 is 0. The first-order valence-electron chi connectivity index (χ1n) is 11.6. The number of aromatic nitrogens is 1. The minimum atomic E-state index is -0.646. The van der Waals surface area contributed by atoms with Gasteiger partial charge in [-0.2, -0.15) is 0 Å². The lowest BCUT2D eigenvalue weighted by molar-refractivity contribution is 0.0970. The molecule has 34 heavy (non-hydrogen) atoms. The zero-order chi connectivity index (χ0) is 23.7. The van der Waals surface area contributed by atoms with Crippen LogP contribution in [0.1, 0.15) is 59.5 Å². The standard InChI is InChI=1S/C28H26N2O4/c1-3-4-7-16-33-20-13-11-19(12-14-20)25-24-26(31)21-8-5-6-9-22(21)34-27(24)28(32)30(25)23-15-10-18(2)17-29-23/h5-6,8-15,17,25H,3-4,7,16H2,1-2H3/t25-/m1/s1. The van der Waals surface area contributed by atoms with E-state index in [-0.39, 0.29) is 17.1 Å². The van der Waals surface area contributed by atoms with Crippen molar-refractivity contribution in [2.24, 2.45) is 0 Å². The van der Waals surface area contributed by atoms with Gasteiger partial charge in [0.2, 0.25) is 5.76 Å². The number of amides is 1. The van der Waals surface area contributed by atoms with Gasteiger partial charge in [-0.3, -0.25) is 14.5 Å². The van der Waals surface area contributed by atoms with Crippen LogP contribution in [0.2, 0.25) is 0 Å². The van der Waals surface area contributed by atoms with E-state index >= 15 is 0 Å². The van der Waals surface area contributed by atoms with Crippen LogP contribution in [0.5, 0.6) is 5.75 Å². The number of nitrogens with zero attached hydrogens (tertiary/aromatic N) is 2. The molecule has 172 valence electrons. The molecule has 0 bridgehead atoms. The Morgan fingerprint density at radius 3 is 2.53 bits per heavy atom. The number of pyridine rings is 1. The van der Waals surface area contributed by atoms with E-state index < -0.39 is 6.04 Å². The number of unbranched alkanes of at least 4 members (excludes halogenated alkanes) is 2. The van der Waals surface area contributed by atoms with E-state index in [0.717, 1.165) is 36.1 Å². The third-order valence-corrected chi connectivity index (χ3v) is 6.13. The average molecular weight is 455 g/mol. The molecular formula is C28H26N2O4. The van der Waals surface area contributed by atoms with E-state index in [2.05, 4.69) is 11.9 Å². The maximum absolute atomic E-state index is 13.6. The van der Waals surface area contributed by atoms with Crippen molar-refractivity contribution in [1.82, 2.24) is 4.98 Å². The molecule has 6 heteroatoms. The molecule has 0 radical (unpaired) electrons. The van der Waals surface area contributed by atoms with Crippen molar-refractivity contribution < 1.29 is 13.9 Å². The maximum Gasteiger partial charge on any atom is 0.296 e. The Balaban J connectivity index is 1.61. The van der Waals surface area contributed by atoms with Gasteiger partial charge in [0.15, 0.2) is 5.43 Å². The third kappa shape index (κ3) is 3.85. The van der Waals surface area contributed by atoms with Crippen molar-refractivity contribution >= 4 is 22.7 Å². The van der Waals surface area contributed by atoms with Gasteiger partial charge in [0.05, 0.1) is 23.6 Å². The first-order valence-corrected chi connectivity index (χ1v) is 11.6. The van der Waals surface area contributed by atoms with E-state index in [1.54, 1.807) is 41.4 Å². The summed E-state index contributed by atoms with van der Waals surface area (Å²) in [5, 5.41) is 0.452. The van der Waals surface area contributed by atoms with Crippen LogP contribution in [0.3, 0.4) is 0 Å². The second-order valence-electron chi connectivity index (χ2n) is 8.57. The Hall–Kier alpha value is -3.93. The summed E-state index contributed by atoms with van der Waals surface area (Å²) in [6.45, 7) is 4.75. The molecule has 0 fully saturated rings. The number of rotatable bonds is 7. The molecule has 1 aliphatic heterocycles. The molecule has 2 aromatic heterocycles. The number of hydrogen-bond donors (Lipinski definition) is 0. The first-order chi connectivity index (χ1) is 16.6. The lowest BCUT2D eigenvalue weighted by atomic mass is 9.98. The highest BCUT2D eigenvalue weighted by atomic mass is 16.5. The number of aryl methyl sites for hydroxylation is 1. The predicted octanol–water partition coefficient (Wildman–Crippen LogP) is 5.82. The Morgan fingerprint density at radius 1 is 1.00 bits per heavy atom. The molecule has 5 rings (SSSR count). The highest BCUT2D eigenvalue weighted by Gasteiger charge is 2.44. The number of ether oxygens (including phenoxy) is 1. The molecule has 0 aliphatic carbocycles. The van der Waals surface area contributed by atoms with Crippen LogP contribution < -0.4 is 15.1 Å². The van der Waals surface area contributed by atoms with Crippen LogP contribution in [0.15, 0.2) is 76.1 Å². The number of benzene rings is 2. The van der Waals surface area contributed by atoms with Gasteiger partial charge >= 0.3 is 0 Å². The number of fused-ring (bicyclic) bond motifs is 2. The molecule has 1 aliphatic rings. The molecule has 0 unspecified atom stereocenters. The third-order valence-electron chi connectivity index (χ3n) is 6.13. The molecule has 3 heterocycles. The van der Waals surface area contributed by atoms with Gasteiger partial charge in [-0.1, -0.05) is 50.1 Å².